The van der Waals surface area contributed by atoms with E-state index in [1.165, 1.54) is 16.7 Å². The summed E-state index contributed by atoms with van der Waals surface area (Å²) in [5, 5.41) is 0. The van der Waals surface area contributed by atoms with Crippen molar-refractivity contribution in [3.63, 3.8) is 0 Å². The number of hydrogen-bond acceptors (Lipinski definition) is 0. The maximum Gasteiger partial charge on any atom is 0.114 e. The van der Waals surface area contributed by atoms with Crippen LogP contribution in [-0.4, -0.2) is 7.85 Å². The zero-order valence-electron chi connectivity index (χ0n) is 9.89. The predicted molar refractivity (Wildman–Crippen MR) is 64.7 cm³/mol. The second kappa shape index (κ2) is 4.21. The van der Waals surface area contributed by atoms with Gasteiger partial charge in [0.25, 0.3) is 0 Å². The fourth-order valence-electron chi connectivity index (χ4n) is 1.98. The maximum atomic E-state index is 6.06. The van der Waals surface area contributed by atoms with Gasteiger partial charge in [0.1, 0.15) is 7.85 Å². The summed E-state index contributed by atoms with van der Waals surface area (Å²) in [6.45, 7) is 10.9. The van der Waals surface area contributed by atoms with Crippen LogP contribution < -0.4 is 5.46 Å². The van der Waals surface area contributed by atoms with Crippen molar-refractivity contribution >= 4 is 13.3 Å². The van der Waals surface area contributed by atoms with E-state index in [4.69, 9.17) is 7.85 Å². The van der Waals surface area contributed by atoms with Gasteiger partial charge in [-0.05, 0) is 35.4 Å². The van der Waals surface area contributed by atoms with Crippen LogP contribution in [0, 0.1) is 6.92 Å². The third kappa shape index (κ3) is 2.20. The Morgan fingerprint density at radius 3 is 1.93 bits per heavy atom. The Morgan fingerprint density at radius 2 is 1.57 bits per heavy atom. The molecule has 0 aliphatic rings. The molecular formula is C13H19B. The summed E-state index contributed by atoms with van der Waals surface area (Å²) < 4.78 is 0. The Balaban J connectivity index is 3.25. The second-order valence-electron chi connectivity index (χ2n) is 4.65. The highest BCUT2D eigenvalue weighted by atomic mass is 14.1. The van der Waals surface area contributed by atoms with Crippen molar-refractivity contribution in [1.29, 1.82) is 0 Å². The van der Waals surface area contributed by atoms with E-state index in [2.05, 4.69) is 46.8 Å². The number of aryl methyl sites for hydroxylation is 1. The van der Waals surface area contributed by atoms with Crippen LogP contribution in [0.2, 0.25) is 0 Å². The van der Waals surface area contributed by atoms with Crippen molar-refractivity contribution in [1.82, 2.24) is 0 Å². The predicted octanol–water partition coefficient (Wildman–Crippen LogP) is 3.04. The van der Waals surface area contributed by atoms with Gasteiger partial charge in [0.15, 0.2) is 0 Å². The minimum Gasteiger partial charge on any atom is -0.0927 e. The molecule has 0 unspecified atom stereocenters. The summed E-state index contributed by atoms with van der Waals surface area (Å²) in [5.74, 6) is 1.06. The van der Waals surface area contributed by atoms with E-state index >= 15 is 0 Å². The summed E-state index contributed by atoms with van der Waals surface area (Å²) in [6, 6.07) is 4.38. The summed E-state index contributed by atoms with van der Waals surface area (Å²) in [7, 11) is 6.06. The first-order chi connectivity index (χ1) is 6.43. The lowest BCUT2D eigenvalue weighted by atomic mass is 9.80. The molecule has 0 atom stereocenters. The normalized spacial score (nSPS) is 11.4. The summed E-state index contributed by atoms with van der Waals surface area (Å²) in [4.78, 5) is 0. The molecule has 0 aromatic heterocycles. The van der Waals surface area contributed by atoms with Gasteiger partial charge < -0.3 is 0 Å². The van der Waals surface area contributed by atoms with Crippen LogP contribution in [-0.2, 0) is 0 Å². The van der Waals surface area contributed by atoms with Gasteiger partial charge in [-0.2, -0.15) is 0 Å². The fraction of sp³-hybridized carbons (Fsp3) is 0.538. The fourth-order valence-corrected chi connectivity index (χ4v) is 1.98. The topological polar surface area (TPSA) is 0 Å². The quantitative estimate of drug-likeness (QED) is 0.622. The molecule has 0 bridgehead atoms. The Kier molecular flexibility index (Phi) is 3.41. The molecular weight excluding hydrogens is 167 g/mol. The lowest BCUT2D eigenvalue weighted by molar-refractivity contribution is 0.842. The van der Waals surface area contributed by atoms with Gasteiger partial charge in [0.05, 0.1) is 0 Å². The molecule has 74 valence electrons. The molecule has 0 N–H and O–H groups in total. The Labute approximate surface area is 89.1 Å². The molecule has 1 heteroatoms. The van der Waals surface area contributed by atoms with Gasteiger partial charge in [0, 0.05) is 0 Å². The standard InChI is InChI=1S/C13H19B/c1-8(2)11-6-10(5)13(9(3)4)12(14)7-11/h6-9H,1-5H3. The van der Waals surface area contributed by atoms with Gasteiger partial charge in [0.2, 0.25) is 0 Å². The van der Waals surface area contributed by atoms with Gasteiger partial charge >= 0.3 is 0 Å². The third-order valence-electron chi connectivity index (χ3n) is 2.69. The molecule has 0 amide bonds. The van der Waals surface area contributed by atoms with E-state index < -0.39 is 0 Å². The first-order valence-electron chi connectivity index (χ1n) is 5.33. The van der Waals surface area contributed by atoms with E-state index in [1.54, 1.807) is 0 Å². The van der Waals surface area contributed by atoms with Gasteiger partial charge in [-0.15, -0.1) is 0 Å². The smallest absolute Gasteiger partial charge is 0.0927 e. The molecule has 1 aromatic carbocycles. The molecule has 14 heavy (non-hydrogen) atoms. The van der Waals surface area contributed by atoms with Crippen LogP contribution in [0.15, 0.2) is 12.1 Å². The minimum atomic E-state index is 0.510. The molecule has 0 saturated heterocycles. The molecule has 0 fully saturated rings. The monoisotopic (exact) mass is 186 g/mol. The van der Waals surface area contributed by atoms with Crippen molar-refractivity contribution in [2.75, 3.05) is 0 Å². The lowest BCUT2D eigenvalue weighted by Gasteiger charge is -2.17. The minimum absolute atomic E-state index is 0.510. The lowest BCUT2D eigenvalue weighted by Crippen LogP contribution is -2.15. The first kappa shape index (κ1) is 11.4. The largest absolute Gasteiger partial charge is 0.114 e. The molecule has 0 aliphatic heterocycles. The Morgan fingerprint density at radius 1 is 1.00 bits per heavy atom. The molecule has 0 aliphatic carbocycles. The van der Waals surface area contributed by atoms with Gasteiger partial charge in [-0.1, -0.05) is 45.3 Å². The van der Waals surface area contributed by atoms with E-state index in [0.29, 0.717) is 11.8 Å². The third-order valence-corrected chi connectivity index (χ3v) is 2.69. The average Bonchev–Trinajstić information content (AvgIpc) is 2.01. The highest BCUT2D eigenvalue weighted by molar-refractivity contribution is 6.33. The van der Waals surface area contributed by atoms with Crippen molar-refractivity contribution in [2.45, 2.75) is 46.5 Å². The number of rotatable bonds is 2. The van der Waals surface area contributed by atoms with Crippen LogP contribution in [0.5, 0.6) is 0 Å². The molecule has 0 heterocycles. The molecule has 0 spiro atoms. The van der Waals surface area contributed by atoms with Crippen LogP contribution in [0.25, 0.3) is 0 Å². The van der Waals surface area contributed by atoms with E-state index in [0.717, 1.165) is 5.46 Å². The first-order valence-corrected chi connectivity index (χ1v) is 5.33. The SMILES string of the molecule is [B]c1cc(C(C)C)cc(C)c1C(C)C. The van der Waals surface area contributed by atoms with Crippen molar-refractivity contribution in [2.24, 2.45) is 0 Å². The van der Waals surface area contributed by atoms with Crippen LogP contribution >= 0.6 is 0 Å². The van der Waals surface area contributed by atoms with Crippen molar-refractivity contribution < 1.29 is 0 Å². The molecule has 1 aromatic rings. The van der Waals surface area contributed by atoms with Crippen LogP contribution in [0.3, 0.4) is 0 Å². The number of benzene rings is 1. The van der Waals surface area contributed by atoms with Crippen LogP contribution in [0.4, 0.5) is 0 Å². The van der Waals surface area contributed by atoms with Gasteiger partial charge in [-0.3, -0.25) is 0 Å². The molecule has 2 radical (unpaired) electrons. The second-order valence-corrected chi connectivity index (χ2v) is 4.65. The Hall–Kier alpha value is -0.715. The average molecular weight is 186 g/mol. The summed E-state index contributed by atoms with van der Waals surface area (Å²) in [5.41, 5.74) is 4.91. The van der Waals surface area contributed by atoms with E-state index in [-0.39, 0.29) is 0 Å². The summed E-state index contributed by atoms with van der Waals surface area (Å²) >= 11 is 0. The van der Waals surface area contributed by atoms with Gasteiger partial charge in [-0.25, -0.2) is 0 Å². The summed E-state index contributed by atoms with van der Waals surface area (Å²) in [6.07, 6.45) is 0. The molecule has 0 nitrogen and oxygen atoms in total. The van der Waals surface area contributed by atoms with Crippen LogP contribution in [0.1, 0.15) is 56.2 Å². The maximum absolute atomic E-state index is 6.06. The highest BCUT2D eigenvalue weighted by Crippen LogP contribution is 2.21. The van der Waals surface area contributed by atoms with E-state index in [1.807, 2.05) is 0 Å². The zero-order valence-corrected chi connectivity index (χ0v) is 9.89. The number of hydrogen-bond donors (Lipinski definition) is 0. The van der Waals surface area contributed by atoms with Crippen molar-refractivity contribution in [3.05, 3.63) is 28.8 Å². The van der Waals surface area contributed by atoms with Crippen molar-refractivity contribution in [3.8, 4) is 0 Å². The highest BCUT2D eigenvalue weighted by Gasteiger charge is 2.09. The Bertz CT molecular complexity index is 301. The zero-order chi connectivity index (χ0) is 10.9. The molecule has 0 saturated carbocycles. The van der Waals surface area contributed by atoms with E-state index in [9.17, 15) is 0 Å². The molecule has 1 rings (SSSR count).